The van der Waals surface area contributed by atoms with Crippen LogP contribution in [0.3, 0.4) is 0 Å². The Balaban J connectivity index is 2.68. The van der Waals surface area contributed by atoms with E-state index in [1.807, 2.05) is 27.7 Å². The fourth-order valence-electron chi connectivity index (χ4n) is 3.41. The molecule has 0 aromatic heterocycles. The van der Waals surface area contributed by atoms with Crippen LogP contribution in [0, 0.1) is 41.5 Å². The van der Waals surface area contributed by atoms with Crippen LogP contribution in [0.25, 0.3) is 0 Å². The van der Waals surface area contributed by atoms with Gasteiger partial charge in [-0.15, -0.1) is 0 Å². The molecule has 160 valence electrons. The molecule has 0 fully saturated rings. The fraction of sp³-hybridized carbons (Fsp3) is 0.333. The van der Waals surface area contributed by atoms with Gasteiger partial charge in [0.15, 0.2) is 0 Å². The summed E-state index contributed by atoms with van der Waals surface area (Å²) in [6.45, 7) is 12.3. The molecule has 0 amide bonds. The predicted octanol–water partition coefficient (Wildman–Crippen LogP) is 2.45. The summed E-state index contributed by atoms with van der Waals surface area (Å²) in [6.07, 6.45) is 0. The van der Waals surface area contributed by atoms with E-state index in [0.29, 0.717) is 8.94 Å². The minimum absolute atomic E-state index is 0.382. The molecule has 2 aromatic carbocycles. The van der Waals surface area contributed by atoms with Gasteiger partial charge in [-0.05, 0) is 0 Å². The van der Waals surface area contributed by atoms with E-state index < -0.39 is 11.9 Å². The Morgan fingerprint density at radius 3 is 1.10 bits per heavy atom. The molecule has 0 heterocycles. The van der Waals surface area contributed by atoms with Crippen LogP contribution in [0.5, 0.6) is 0 Å². The van der Waals surface area contributed by atoms with E-state index in [-0.39, 0.29) is 29.9 Å². The number of carbonyl (C=O) groups is 2. The molecule has 0 spiro atoms. The Bertz CT molecular complexity index is 894. The Morgan fingerprint density at radius 2 is 0.867 bits per heavy atom. The quantitative estimate of drug-likeness (QED) is 0.322. The van der Waals surface area contributed by atoms with Crippen LogP contribution in [0.4, 0.5) is 0 Å². The molecular weight excluding hydrogens is 510 g/mol. The number of ether oxygens (including phenoxy) is 2. The fourth-order valence-corrected chi connectivity index (χ4v) is 8.46. The van der Waals surface area contributed by atoms with Gasteiger partial charge in [0.1, 0.15) is 0 Å². The molecule has 4 nitrogen and oxygen atoms in total. The first-order valence-electron chi connectivity index (χ1n) is 9.51. The molecule has 6 heteroatoms. The van der Waals surface area contributed by atoms with Crippen molar-refractivity contribution in [3.63, 3.8) is 0 Å². The van der Waals surface area contributed by atoms with Crippen molar-refractivity contribution in [3.8, 4) is 0 Å². The Morgan fingerprint density at radius 1 is 0.600 bits per heavy atom. The van der Waals surface area contributed by atoms with E-state index in [1.54, 1.807) is 0 Å². The van der Waals surface area contributed by atoms with Gasteiger partial charge in [0.05, 0.1) is 0 Å². The summed E-state index contributed by atoms with van der Waals surface area (Å²) in [5, 5.41) is 0. The number of esters is 2. The average molecular weight is 538 g/mol. The summed E-state index contributed by atoms with van der Waals surface area (Å²) in [5.74, 6) is -0.918. The van der Waals surface area contributed by atoms with Crippen LogP contribution >= 0.6 is 0 Å². The maximum atomic E-state index is 12.8. The molecule has 2 rings (SSSR count). The van der Waals surface area contributed by atoms with E-state index in [1.165, 1.54) is 25.3 Å². The van der Waals surface area contributed by atoms with Crippen molar-refractivity contribution in [2.45, 2.75) is 41.5 Å². The Hall–Kier alpha value is -1.84. The number of methoxy groups -OCH3 is 2. The van der Waals surface area contributed by atoms with Gasteiger partial charge < -0.3 is 0 Å². The van der Waals surface area contributed by atoms with Gasteiger partial charge in [-0.25, -0.2) is 0 Å². The van der Waals surface area contributed by atoms with Crippen molar-refractivity contribution in [3.05, 3.63) is 66.6 Å². The predicted molar refractivity (Wildman–Crippen MR) is 123 cm³/mol. The number of hydrogen-bond donors (Lipinski definition) is 0. The van der Waals surface area contributed by atoms with Crippen LogP contribution < -0.4 is 8.92 Å². The molecule has 0 aliphatic rings. The summed E-state index contributed by atoms with van der Waals surface area (Å²) < 4.78 is 13.3. The zero-order valence-corrected chi connectivity index (χ0v) is 22.2. The van der Waals surface area contributed by atoms with Crippen LogP contribution in [-0.4, -0.2) is 56.1 Å². The molecular formula is C24H28O4Se2. The van der Waals surface area contributed by atoms with Gasteiger partial charge >= 0.3 is 192 Å². The van der Waals surface area contributed by atoms with Crippen molar-refractivity contribution in [1.82, 2.24) is 0 Å². The standard InChI is InChI=1S/C24H28O4Se2/c1-13-9-15(3)19(16(4)10-13)29-21(23(25)27-7)22(24(26)28-8)30-20-17(5)11-14(2)12-18(20)6/h9-12H,1-8H3/b22-21-. The zero-order valence-electron chi connectivity index (χ0n) is 18.8. The SMILES string of the molecule is COC(=O)/C([Se]c1c(C)cc(C)cc1C)=C(/[Se]c1c(C)cc(C)cc1C)C(=O)OC. The summed E-state index contributed by atoms with van der Waals surface area (Å²) in [4.78, 5) is 25.6. The van der Waals surface area contributed by atoms with Crippen LogP contribution in [0.15, 0.2) is 33.2 Å². The van der Waals surface area contributed by atoms with Gasteiger partial charge in [0, 0.05) is 0 Å². The second-order valence-electron chi connectivity index (χ2n) is 7.30. The van der Waals surface area contributed by atoms with Crippen molar-refractivity contribution in [2.75, 3.05) is 14.2 Å². The normalized spacial score (nSPS) is 11.7. The first kappa shape index (κ1) is 24.4. The molecule has 0 atom stereocenters. The second kappa shape index (κ2) is 10.5. The number of rotatable bonds is 6. The van der Waals surface area contributed by atoms with E-state index in [9.17, 15) is 9.59 Å². The zero-order chi connectivity index (χ0) is 22.6. The van der Waals surface area contributed by atoms with Crippen molar-refractivity contribution >= 4 is 50.8 Å². The molecule has 0 radical (unpaired) electrons. The van der Waals surface area contributed by atoms with Gasteiger partial charge in [-0.3, -0.25) is 0 Å². The van der Waals surface area contributed by atoms with Gasteiger partial charge in [-0.2, -0.15) is 0 Å². The van der Waals surface area contributed by atoms with E-state index in [4.69, 9.17) is 9.47 Å². The van der Waals surface area contributed by atoms with E-state index in [2.05, 4.69) is 38.1 Å². The van der Waals surface area contributed by atoms with E-state index >= 15 is 0 Å². The summed E-state index contributed by atoms with van der Waals surface area (Å²) >= 11 is -0.764. The summed E-state index contributed by atoms with van der Waals surface area (Å²) in [6, 6.07) is 8.43. The molecule has 2 aromatic rings. The monoisotopic (exact) mass is 540 g/mol. The minimum atomic E-state index is -0.459. The van der Waals surface area contributed by atoms with Gasteiger partial charge in [0.25, 0.3) is 0 Å². The van der Waals surface area contributed by atoms with Crippen LogP contribution in [0.2, 0.25) is 0 Å². The van der Waals surface area contributed by atoms with Crippen LogP contribution in [-0.2, 0) is 19.1 Å². The summed E-state index contributed by atoms with van der Waals surface area (Å²) in [7, 11) is 2.72. The third-order valence-electron chi connectivity index (χ3n) is 4.57. The van der Waals surface area contributed by atoms with Crippen molar-refractivity contribution < 1.29 is 19.1 Å². The number of benzene rings is 2. The maximum absolute atomic E-state index is 12.8. The van der Waals surface area contributed by atoms with Crippen molar-refractivity contribution in [1.29, 1.82) is 0 Å². The van der Waals surface area contributed by atoms with Gasteiger partial charge in [-0.1, -0.05) is 0 Å². The number of hydrogen-bond acceptors (Lipinski definition) is 4. The third kappa shape index (κ3) is 5.65. The molecule has 30 heavy (non-hydrogen) atoms. The molecule has 0 aliphatic heterocycles. The van der Waals surface area contributed by atoms with Crippen LogP contribution in [0.1, 0.15) is 33.4 Å². The van der Waals surface area contributed by atoms with E-state index in [0.717, 1.165) is 31.2 Å². The molecule has 0 aliphatic carbocycles. The number of aryl methyl sites for hydroxylation is 6. The average Bonchev–Trinajstić information content (AvgIpc) is 2.66. The molecule has 0 unspecified atom stereocenters. The third-order valence-corrected chi connectivity index (χ3v) is 11.2. The second-order valence-corrected chi connectivity index (χ2v) is 11.6. The topological polar surface area (TPSA) is 52.6 Å². The van der Waals surface area contributed by atoms with Gasteiger partial charge in [0.2, 0.25) is 0 Å². The van der Waals surface area contributed by atoms with Crippen molar-refractivity contribution in [2.24, 2.45) is 0 Å². The Kier molecular flexibility index (Phi) is 8.51. The molecule has 0 saturated carbocycles. The number of carbonyl (C=O) groups excluding carboxylic acids is 2. The summed E-state index contributed by atoms with van der Waals surface area (Å²) in [5.41, 5.74) is 6.83. The molecule has 0 bridgehead atoms. The first-order chi connectivity index (χ1) is 14.1. The Labute approximate surface area is 191 Å². The molecule has 0 saturated heterocycles. The first-order valence-corrected chi connectivity index (χ1v) is 12.9. The molecule has 0 N–H and O–H groups in total.